The maximum atomic E-state index is 11.1. The first-order valence-corrected chi connectivity index (χ1v) is 5.48. The van der Waals surface area contributed by atoms with E-state index < -0.39 is 23.1 Å². The van der Waals surface area contributed by atoms with Crippen molar-refractivity contribution in [1.82, 2.24) is 0 Å². The number of Topliss-reactive ketones (excluding diaryl/α,β-unsaturated/α-hetero) is 1. The number of nitro benzene ring substituents is 1. The number of nitrogens with zero attached hydrogens (tertiary/aromatic N) is 1. The highest BCUT2D eigenvalue weighted by atomic mass is 16.6. The third-order valence-electron chi connectivity index (χ3n) is 2.47. The predicted octanol–water partition coefficient (Wildman–Crippen LogP) is 1.74. The summed E-state index contributed by atoms with van der Waals surface area (Å²) < 4.78 is 0. The topological polar surface area (TPSA) is 97.5 Å². The third-order valence-corrected chi connectivity index (χ3v) is 2.47. The summed E-state index contributed by atoms with van der Waals surface area (Å²) in [5.41, 5.74) is 0.791. The van der Waals surface area contributed by atoms with Crippen molar-refractivity contribution in [1.29, 1.82) is 0 Å². The van der Waals surface area contributed by atoms with Gasteiger partial charge in [-0.15, -0.1) is 0 Å². The van der Waals surface area contributed by atoms with Gasteiger partial charge in [0.05, 0.1) is 4.92 Å². The number of rotatable bonds is 6. The van der Waals surface area contributed by atoms with Crippen LogP contribution in [0.5, 0.6) is 0 Å². The molecule has 6 nitrogen and oxygen atoms in total. The van der Waals surface area contributed by atoms with Crippen LogP contribution in [-0.2, 0) is 22.4 Å². The summed E-state index contributed by atoms with van der Waals surface area (Å²) in [6.45, 7) is 1.96. The molecule has 0 aliphatic heterocycles. The SMILES string of the molecule is CCCc1ccc([N+](=O)[O-])c(CC(=O)C(=O)O)c1. The van der Waals surface area contributed by atoms with E-state index >= 15 is 0 Å². The Morgan fingerprint density at radius 1 is 1.39 bits per heavy atom. The predicted molar refractivity (Wildman–Crippen MR) is 63.4 cm³/mol. The van der Waals surface area contributed by atoms with Crippen molar-refractivity contribution in [2.24, 2.45) is 0 Å². The zero-order valence-electron chi connectivity index (χ0n) is 9.88. The summed E-state index contributed by atoms with van der Waals surface area (Å²) in [4.78, 5) is 31.8. The number of nitro groups is 1. The molecule has 0 radical (unpaired) electrons. The van der Waals surface area contributed by atoms with E-state index in [-0.39, 0.29) is 11.3 Å². The van der Waals surface area contributed by atoms with Gasteiger partial charge in [-0.25, -0.2) is 4.79 Å². The van der Waals surface area contributed by atoms with E-state index in [2.05, 4.69) is 0 Å². The lowest BCUT2D eigenvalue weighted by Gasteiger charge is -2.04. The van der Waals surface area contributed by atoms with Gasteiger partial charge in [0.2, 0.25) is 5.78 Å². The minimum atomic E-state index is -1.58. The normalized spacial score (nSPS) is 10.1. The molecule has 0 heterocycles. The van der Waals surface area contributed by atoms with E-state index in [4.69, 9.17) is 5.11 Å². The number of carboxylic acid groups (broad SMARTS) is 1. The maximum absolute atomic E-state index is 11.1. The number of carbonyl (C=O) groups is 2. The van der Waals surface area contributed by atoms with Gasteiger partial charge in [-0.2, -0.15) is 0 Å². The number of hydrogen-bond acceptors (Lipinski definition) is 4. The molecule has 0 bridgehead atoms. The van der Waals surface area contributed by atoms with Crippen molar-refractivity contribution in [2.45, 2.75) is 26.2 Å². The van der Waals surface area contributed by atoms with Crippen LogP contribution in [0.4, 0.5) is 5.69 Å². The van der Waals surface area contributed by atoms with Gasteiger partial charge in [0.25, 0.3) is 5.69 Å². The number of carbonyl (C=O) groups excluding carboxylic acids is 1. The molecule has 0 saturated carbocycles. The number of carboxylic acids is 1. The summed E-state index contributed by atoms with van der Waals surface area (Å²) in [5.74, 6) is -2.63. The summed E-state index contributed by atoms with van der Waals surface area (Å²) in [6.07, 6.45) is 1.14. The van der Waals surface area contributed by atoms with Crippen LogP contribution in [0.15, 0.2) is 18.2 Å². The van der Waals surface area contributed by atoms with Gasteiger partial charge < -0.3 is 5.11 Å². The minimum absolute atomic E-state index is 0.151. The molecule has 0 aliphatic carbocycles. The zero-order chi connectivity index (χ0) is 13.7. The number of benzene rings is 1. The molecule has 0 aliphatic rings. The van der Waals surface area contributed by atoms with Crippen LogP contribution in [0.2, 0.25) is 0 Å². The van der Waals surface area contributed by atoms with Gasteiger partial charge in [0.15, 0.2) is 0 Å². The molecule has 6 heteroatoms. The molecule has 0 aromatic heterocycles. The Kier molecular flexibility index (Phi) is 4.53. The second-order valence-corrected chi connectivity index (χ2v) is 3.88. The minimum Gasteiger partial charge on any atom is -0.475 e. The van der Waals surface area contributed by atoms with Crippen LogP contribution in [-0.4, -0.2) is 21.8 Å². The lowest BCUT2D eigenvalue weighted by atomic mass is 10.0. The van der Waals surface area contributed by atoms with Crippen molar-refractivity contribution in [3.05, 3.63) is 39.4 Å². The Balaban J connectivity index is 3.11. The molecule has 0 unspecified atom stereocenters. The Morgan fingerprint density at radius 3 is 2.56 bits per heavy atom. The van der Waals surface area contributed by atoms with Crippen LogP contribution < -0.4 is 0 Å². The standard InChI is InChI=1S/C12H13NO5/c1-2-3-8-4-5-10(13(17)18)9(6-8)7-11(14)12(15)16/h4-6H,2-3,7H2,1H3,(H,15,16). The average Bonchev–Trinajstić information content (AvgIpc) is 2.29. The Labute approximate surface area is 103 Å². The molecule has 96 valence electrons. The molecule has 1 aromatic rings. The van der Waals surface area contributed by atoms with Crippen molar-refractivity contribution in [3.8, 4) is 0 Å². The van der Waals surface area contributed by atoms with Crippen molar-refractivity contribution in [2.75, 3.05) is 0 Å². The fourth-order valence-electron chi connectivity index (χ4n) is 1.65. The van der Waals surface area contributed by atoms with E-state index in [1.165, 1.54) is 12.1 Å². The Morgan fingerprint density at radius 2 is 2.06 bits per heavy atom. The van der Waals surface area contributed by atoms with Crippen LogP contribution in [0, 0.1) is 10.1 Å². The number of aliphatic carboxylic acids is 1. The molecule has 0 amide bonds. The van der Waals surface area contributed by atoms with Crippen LogP contribution in [0.25, 0.3) is 0 Å². The first-order chi connectivity index (χ1) is 8.45. The van der Waals surface area contributed by atoms with Gasteiger partial charge in [0.1, 0.15) is 0 Å². The number of aryl methyl sites for hydroxylation is 1. The van der Waals surface area contributed by atoms with Gasteiger partial charge in [-0.1, -0.05) is 19.4 Å². The first-order valence-electron chi connectivity index (χ1n) is 5.48. The quantitative estimate of drug-likeness (QED) is 0.471. The highest BCUT2D eigenvalue weighted by Gasteiger charge is 2.20. The average molecular weight is 251 g/mol. The van der Waals surface area contributed by atoms with Crippen LogP contribution >= 0.6 is 0 Å². The van der Waals surface area contributed by atoms with Crippen molar-refractivity contribution < 1.29 is 19.6 Å². The summed E-state index contributed by atoms with van der Waals surface area (Å²) >= 11 is 0. The fourth-order valence-corrected chi connectivity index (χ4v) is 1.65. The third kappa shape index (κ3) is 3.38. The largest absolute Gasteiger partial charge is 0.475 e. The van der Waals surface area contributed by atoms with Gasteiger partial charge >= 0.3 is 5.97 Å². The van der Waals surface area contributed by atoms with E-state index in [0.29, 0.717) is 0 Å². The van der Waals surface area contributed by atoms with Crippen LogP contribution in [0.1, 0.15) is 24.5 Å². The summed E-state index contributed by atoms with van der Waals surface area (Å²) in [7, 11) is 0. The molecule has 1 aromatic carbocycles. The molecule has 1 N–H and O–H groups in total. The molecule has 18 heavy (non-hydrogen) atoms. The highest BCUT2D eigenvalue weighted by Crippen LogP contribution is 2.21. The monoisotopic (exact) mass is 251 g/mol. The van der Waals surface area contributed by atoms with E-state index in [1.807, 2.05) is 6.92 Å². The van der Waals surface area contributed by atoms with E-state index in [1.54, 1.807) is 6.07 Å². The van der Waals surface area contributed by atoms with Crippen LogP contribution in [0.3, 0.4) is 0 Å². The zero-order valence-corrected chi connectivity index (χ0v) is 9.88. The summed E-state index contributed by atoms with van der Waals surface area (Å²) in [5, 5.41) is 19.3. The Bertz CT molecular complexity index is 495. The fraction of sp³-hybridized carbons (Fsp3) is 0.333. The molecular weight excluding hydrogens is 238 g/mol. The molecule has 0 atom stereocenters. The second kappa shape index (κ2) is 5.90. The highest BCUT2D eigenvalue weighted by molar-refractivity contribution is 6.33. The van der Waals surface area contributed by atoms with Crippen molar-refractivity contribution >= 4 is 17.4 Å². The Hall–Kier alpha value is -2.24. The van der Waals surface area contributed by atoms with Gasteiger partial charge in [-0.05, 0) is 18.1 Å². The molecule has 0 fully saturated rings. The molecular formula is C12H13NO5. The smallest absolute Gasteiger partial charge is 0.372 e. The van der Waals surface area contributed by atoms with Gasteiger partial charge in [0, 0.05) is 18.1 Å². The van der Waals surface area contributed by atoms with E-state index in [0.717, 1.165) is 18.4 Å². The van der Waals surface area contributed by atoms with Crippen molar-refractivity contribution in [3.63, 3.8) is 0 Å². The van der Waals surface area contributed by atoms with Gasteiger partial charge in [-0.3, -0.25) is 14.9 Å². The summed E-state index contributed by atoms with van der Waals surface area (Å²) in [6, 6.07) is 4.47. The molecule has 0 spiro atoms. The number of ketones is 1. The number of hydrogen-bond donors (Lipinski definition) is 1. The second-order valence-electron chi connectivity index (χ2n) is 3.88. The lowest BCUT2D eigenvalue weighted by molar-refractivity contribution is -0.385. The maximum Gasteiger partial charge on any atom is 0.372 e. The molecule has 1 rings (SSSR count). The molecule has 0 saturated heterocycles. The lowest BCUT2D eigenvalue weighted by Crippen LogP contribution is -2.16. The van der Waals surface area contributed by atoms with E-state index in [9.17, 15) is 19.7 Å². The first kappa shape index (κ1) is 13.8.